The first-order valence-electron chi connectivity index (χ1n) is 8.07. The zero-order chi connectivity index (χ0) is 17.1. The molecule has 0 bridgehead atoms. The molecule has 0 fully saturated rings. The maximum absolute atomic E-state index is 12.3. The summed E-state index contributed by atoms with van der Waals surface area (Å²) in [6, 6.07) is 3.95. The lowest BCUT2D eigenvalue weighted by Gasteiger charge is -2.19. The first kappa shape index (κ1) is 17.1. The Hall–Kier alpha value is -1.77. The van der Waals surface area contributed by atoms with Crippen molar-refractivity contribution in [1.29, 1.82) is 0 Å². The minimum Gasteiger partial charge on any atom is -0.375 e. The molecular formula is C16H21N5OS2. The largest absolute Gasteiger partial charge is 0.375 e. The minimum absolute atomic E-state index is 0.0138. The minimum atomic E-state index is -0.0138. The van der Waals surface area contributed by atoms with E-state index in [0.29, 0.717) is 16.8 Å². The van der Waals surface area contributed by atoms with Crippen molar-refractivity contribution in [2.75, 3.05) is 30.7 Å². The van der Waals surface area contributed by atoms with Crippen LogP contribution in [0.2, 0.25) is 0 Å². The van der Waals surface area contributed by atoms with Gasteiger partial charge in [-0.25, -0.2) is 9.97 Å². The zero-order valence-corrected chi connectivity index (χ0v) is 15.5. The van der Waals surface area contributed by atoms with Crippen LogP contribution in [-0.2, 0) is 4.79 Å². The number of fused-ring (bicyclic) bond motifs is 2. The molecule has 0 radical (unpaired) electrons. The maximum Gasteiger partial charge on any atom is 0.240 e. The maximum atomic E-state index is 12.3. The Morgan fingerprint density at radius 1 is 1.12 bits per heavy atom. The van der Waals surface area contributed by atoms with Crippen LogP contribution in [0.4, 0.5) is 10.3 Å². The fourth-order valence-corrected chi connectivity index (χ4v) is 4.42. The number of nitrogens with two attached hydrogens (primary N) is 1. The van der Waals surface area contributed by atoms with E-state index in [1.807, 2.05) is 12.1 Å². The number of nitrogen functional groups attached to an aromatic ring is 1. The van der Waals surface area contributed by atoms with Crippen molar-refractivity contribution >= 4 is 59.3 Å². The SMILES string of the molecule is CCCN(CCC)CC(=O)Nc1nc2cc3nc(N)sc3cc2s1. The summed E-state index contributed by atoms with van der Waals surface area (Å²) in [5, 5.41) is 4.11. The van der Waals surface area contributed by atoms with Crippen molar-refractivity contribution in [3.8, 4) is 0 Å². The highest BCUT2D eigenvalue weighted by Gasteiger charge is 2.13. The van der Waals surface area contributed by atoms with E-state index in [-0.39, 0.29) is 5.91 Å². The summed E-state index contributed by atoms with van der Waals surface area (Å²) in [6.07, 6.45) is 2.09. The first-order chi connectivity index (χ1) is 11.6. The van der Waals surface area contributed by atoms with Crippen LogP contribution < -0.4 is 11.1 Å². The normalized spacial score (nSPS) is 11.6. The third kappa shape index (κ3) is 3.82. The summed E-state index contributed by atoms with van der Waals surface area (Å²) in [7, 11) is 0. The standard InChI is InChI=1S/C16H21N5OS2/c1-3-5-21(6-4-2)9-14(22)20-16-19-11-7-10-12(8-13(11)24-16)23-15(17)18-10/h7-8H,3-6,9H2,1-2H3,(H2,17,18)(H,19,20,22). The average Bonchev–Trinajstić information content (AvgIpc) is 3.05. The second-order valence-electron chi connectivity index (χ2n) is 5.68. The molecule has 3 rings (SSSR count). The van der Waals surface area contributed by atoms with Gasteiger partial charge in [0, 0.05) is 0 Å². The van der Waals surface area contributed by atoms with Gasteiger partial charge in [0.15, 0.2) is 10.3 Å². The van der Waals surface area contributed by atoms with Crippen molar-refractivity contribution in [2.24, 2.45) is 0 Å². The molecule has 6 nitrogen and oxygen atoms in total. The second-order valence-corrected chi connectivity index (χ2v) is 7.78. The lowest BCUT2D eigenvalue weighted by atomic mass is 10.3. The summed E-state index contributed by atoms with van der Waals surface area (Å²) in [6.45, 7) is 6.53. The van der Waals surface area contributed by atoms with Crippen molar-refractivity contribution < 1.29 is 4.79 Å². The fraction of sp³-hybridized carbons (Fsp3) is 0.438. The van der Waals surface area contributed by atoms with E-state index >= 15 is 0 Å². The summed E-state index contributed by atoms with van der Waals surface area (Å²) < 4.78 is 2.07. The Morgan fingerprint density at radius 2 is 1.79 bits per heavy atom. The fourth-order valence-electron chi connectivity index (χ4n) is 2.69. The zero-order valence-electron chi connectivity index (χ0n) is 13.8. The molecule has 1 aromatic carbocycles. The van der Waals surface area contributed by atoms with Crippen molar-refractivity contribution in [3.63, 3.8) is 0 Å². The molecule has 0 aliphatic carbocycles. The molecule has 1 amide bonds. The van der Waals surface area contributed by atoms with Crippen molar-refractivity contribution in [3.05, 3.63) is 12.1 Å². The van der Waals surface area contributed by atoms with Crippen molar-refractivity contribution in [2.45, 2.75) is 26.7 Å². The highest BCUT2D eigenvalue weighted by Crippen LogP contribution is 2.33. The lowest BCUT2D eigenvalue weighted by molar-refractivity contribution is -0.117. The Balaban J connectivity index is 1.73. The van der Waals surface area contributed by atoms with E-state index in [1.54, 1.807) is 0 Å². The molecular weight excluding hydrogens is 342 g/mol. The van der Waals surface area contributed by atoms with E-state index in [0.717, 1.165) is 46.4 Å². The number of anilines is 2. The van der Waals surface area contributed by atoms with E-state index in [2.05, 4.69) is 34.0 Å². The molecule has 2 heterocycles. The molecule has 0 aliphatic rings. The summed E-state index contributed by atoms with van der Waals surface area (Å²) >= 11 is 2.94. The van der Waals surface area contributed by atoms with Crippen LogP contribution >= 0.6 is 22.7 Å². The molecule has 0 saturated heterocycles. The number of nitrogens with one attached hydrogen (secondary N) is 1. The smallest absolute Gasteiger partial charge is 0.240 e. The van der Waals surface area contributed by atoms with Gasteiger partial charge in [0.2, 0.25) is 5.91 Å². The Morgan fingerprint density at radius 3 is 2.50 bits per heavy atom. The molecule has 3 N–H and O–H groups in total. The van der Waals surface area contributed by atoms with Crippen LogP contribution in [0.25, 0.3) is 20.4 Å². The van der Waals surface area contributed by atoms with Gasteiger partial charge in [0.25, 0.3) is 0 Å². The van der Waals surface area contributed by atoms with Gasteiger partial charge in [0.1, 0.15) is 0 Å². The molecule has 24 heavy (non-hydrogen) atoms. The van der Waals surface area contributed by atoms with Crippen molar-refractivity contribution in [1.82, 2.24) is 14.9 Å². The number of hydrogen-bond acceptors (Lipinski definition) is 7. The summed E-state index contributed by atoms with van der Waals surface area (Å²) in [5.74, 6) is -0.0138. The molecule has 128 valence electrons. The van der Waals surface area contributed by atoms with Crippen LogP contribution in [0.3, 0.4) is 0 Å². The third-order valence-corrected chi connectivity index (χ3v) is 5.39. The number of nitrogens with zero attached hydrogens (tertiary/aromatic N) is 3. The van der Waals surface area contributed by atoms with Gasteiger partial charge in [0.05, 0.1) is 27.0 Å². The predicted octanol–water partition coefficient (Wildman–Crippen LogP) is 3.55. The Bertz CT molecular complexity index is 800. The third-order valence-electron chi connectivity index (χ3n) is 3.61. The number of rotatable bonds is 7. The molecule has 3 aromatic rings. The highest BCUT2D eigenvalue weighted by atomic mass is 32.1. The molecule has 0 saturated carbocycles. The molecule has 2 aromatic heterocycles. The average molecular weight is 364 g/mol. The van der Waals surface area contributed by atoms with Crippen LogP contribution in [0.1, 0.15) is 26.7 Å². The first-order valence-corrected chi connectivity index (χ1v) is 9.71. The van der Waals surface area contributed by atoms with Gasteiger partial charge in [-0.2, -0.15) is 0 Å². The second kappa shape index (κ2) is 7.42. The molecule has 0 unspecified atom stereocenters. The topological polar surface area (TPSA) is 84.1 Å². The monoisotopic (exact) mass is 363 g/mol. The van der Waals surface area contributed by atoms with Gasteiger partial charge in [-0.05, 0) is 38.1 Å². The van der Waals surface area contributed by atoms with Crippen LogP contribution in [0.5, 0.6) is 0 Å². The van der Waals surface area contributed by atoms with E-state index < -0.39 is 0 Å². The van der Waals surface area contributed by atoms with E-state index in [1.165, 1.54) is 22.7 Å². The number of hydrogen-bond donors (Lipinski definition) is 2. The number of benzene rings is 1. The molecule has 0 atom stereocenters. The lowest BCUT2D eigenvalue weighted by Crippen LogP contribution is -2.34. The van der Waals surface area contributed by atoms with Gasteiger partial charge in [-0.1, -0.05) is 36.5 Å². The highest BCUT2D eigenvalue weighted by molar-refractivity contribution is 7.24. The van der Waals surface area contributed by atoms with Gasteiger partial charge < -0.3 is 11.1 Å². The number of thiazole rings is 2. The van der Waals surface area contributed by atoms with E-state index in [4.69, 9.17) is 5.73 Å². The van der Waals surface area contributed by atoms with Gasteiger partial charge in [-0.15, -0.1) is 0 Å². The summed E-state index contributed by atoms with van der Waals surface area (Å²) in [5.41, 5.74) is 7.43. The number of carbonyl (C=O) groups excluding carboxylic acids is 1. The molecule has 0 aliphatic heterocycles. The van der Waals surface area contributed by atoms with Crippen LogP contribution in [0, 0.1) is 0 Å². The number of amides is 1. The van der Waals surface area contributed by atoms with Crippen LogP contribution in [-0.4, -0.2) is 40.4 Å². The molecule has 0 spiro atoms. The Kier molecular flexibility index (Phi) is 5.27. The summed E-state index contributed by atoms with van der Waals surface area (Å²) in [4.78, 5) is 23.2. The number of carbonyl (C=O) groups is 1. The Labute approximate surface area is 148 Å². The van der Waals surface area contributed by atoms with Gasteiger partial charge in [-0.3, -0.25) is 9.69 Å². The van der Waals surface area contributed by atoms with Crippen LogP contribution in [0.15, 0.2) is 12.1 Å². The molecule has 8 heteroatoms. The van der Waals surface area contributed by atoms with E-state index in [9.17, 15) is 4.79 Å². The van der Waals surface area contributed by atoms with Gasteiger partial charge >= 0.3 is 0 Å². The number of aromatic nitrogens is 2. The quantitative estimate of drug-likeness (QED) is 0.671. The predicted molar refractivity (Wildman–Crippen MR) is 103 cm³/mol.